The normalized spacial score (nSPS) is 10.4. The predicted octanol–water partition coefficient (Wildman–Crippen LogP) is 2.69. The van der Waals surface area contributed by atoms with Crippen LogP contribution in [0.5, 0.6) is 0 Å². The van der Waals surface area contributed by atoms with E-state index in [-0.39, 0.29) is 12.6 Å². The average molecular weight is 314 g/mol. The summed E-state index contributed by atoms with van der Waals surface area (Å²) in [4.78, 5) is 22.4. The van der Waals surface area contributed by atoms with Crippen LogP contribution in [0.2, 0.25) is 0 Å². The number of aryl methyl sites for hydroxylation is 1. The zero-order chi connectivity index (χ0) is 16.7. The lowest BCUT2D eigenvalue weighted by Crippen LogP contribution is -2.37. The van der Waals surface area contributed by atoms with Crippen LogP contribution in [-0.2, 0) is 0 Å². The molecule has 0 unspecified atom stereocenters. The predicted molar refractivity (Wildman–Crippen MR) is 90.2 cm³/mol. The summed E-state index contributed by atoms with van der Waals surface area (Å²) < 4.78 is 0. The number of anilines is 1. The third-order valence-corrected chi connectivity index (χ3v) is 3.34. The Labute approximate surface area is 136 Å². The van der Waals surface area contributed by atoms with Crippen LogP contribution in [0.3, 0.4) is 0 Å². The van der Waals surface area contributed by atoms with Gasteiger partial charge in [0, 0.05) is 36.2 Å². The molecular weight excluding hydrogens is 292 g/mol. The van der Waals surface area contributed by atoms with Crippen LogP contribution in [0.4, 0.5) is 10.5 Å². The third kappa shape index (κ3) is 4.75. The van der Waals surface area contributed by atoms with Gasteiger partial charge in [0.15, 0.2) is 5.82 Å². The third-order valence-electron chi connectivity index (χ3n) is 3.34. The fourth-order valence-electron chi connectivity index (χ4n) is 2.20. The Kier molecular flexibility index (Phi) is 6.05. The van der Waals surface area contributed by atoms with Gasteiger partial charge in [0.1, 0.15) is 0 Å². The van der Waals surface area contributed by atoms with Gasteiger partial charge in [-0.3, -0.25) is 0 Å². The van der Waals surface area contributed by atoms with Crippen molar-refractivity contribution in [3.05, 3.63) is 42.2 Å². The molecule has 2 rings (SSSR count). The molecule has 0 aliphatic rings. The molecule has 0 atom stereocenters. The Morgan fingerprint density at radius 3 is 2.57 bits per heavy atom. The Hall–Kier alpha value is -2.47. The van der Waals surface area contributed by atoms with E-state index in [1.807, 2.05) is 44.2 Å². The number of benzene rings is 1. The fourth-order valence-corrected chi connectivity index (χ4v) is 2.20. The van der Waals surface area contributed by atoms with Crippen molar-refractivity contribution in [2.24, 2.45) is 0 Å². The zero-order valence-electron chi connectivity index (χ0n) is 13.5. The summed E-state index contributed by atoms with van der Waals surface area (Å²) in [7, 11) is 0. The summed E-state index contributed by atoms with van der Waals surface area (Å²) in [6.45, 7) is 4.81. The van der Waals surface area contributed by atoms with E-state index in [0.29, 0.717) is 24.6 Å². The van der Waals surface area contributed by atoms with E-state index in [2.05, 4.69) is 15.3 Å². The first-order valence-electron chi connectivity index (χ1n) is 7.71. The quantitative estimate of drug-likeness (QED) is 0.859. The standard InChI is InChI=1S/C17H22N4O2/c1-3-10-21(11-12-22)17(23)20-15-6-4-14(5-7-15)16-18-9-8-13(2)19-16/h4-9,22H,3,10-12H2,1-2H3,(H,20,23). The number of amides is 2. The van der Waals surface area contributed by atoms with Crippen LogP contribution >= 0.6 is 0 Å². The van der Waals surface area contributed by atoms with Gasteiger partial charge in [0.25, 0.3) is 0 Å². The minimum absolute atomic E-state index is 0.0446. The topological polar surface area (TPSA) is 78.4 Å². The van der Waals surface area contributed by atoms with Gasteiger partial charge < -0.3 is 15.3 Å². The van der Waals surface area contributed by atoms with Gasteiger partial charge in [-0.1, -0.05) is 6.92 Å². The van der Waals surface area contributed by atoms with Gasteiger partial charge in [-0.15, -0.1) is 0 Å². The Balaban J connectivity index is 2.06. The van der Waals surface area contributed by atoms with Crippen molar-refractivity contribution in [3.8, 4) is 11.4 Å². The largest absolute Gasteiger partial charge is 0.395 e. The molecule has 6 heteroatoms. The number of carbonyl (C=O) groups excluding carboxylic acids is 1. The molecule has 23 heavy (non-hydrogen) atoms. The van der Waals surface area contributed by atoms with E-state index in [0.717, 1.165) is 17.7 Å². The molecule has 0 aliphatic heterocycles. The minimum atomic E-state index is -0.208. The van der Waals surface area contributed by atoms with Crippen molar-refractivity contribution in [2.75, 3.05) is 25.0 Å². The minimum Gasteiger partial charge on any atom is -0.395 e. The van der Waals surface area contributed by atoms with E-state index in [1.54, 1.807) is 11.1 Å². The van der Waals surface area contributed by atoms with E-state index >= 15 is 0 Å². The SMILES string of the molecule is CCCN(CCO)C(=O)Nc1ccc(-c2nccc(C)n2)cc1. The van der Waals surface area contributed by atoms with Crippen LogP contribution in [0, 0.1) is 6.92 Å². The van der Waals surface area contributed by atoms with E-state index in [4.69, 9.17) is 5.11 Å². The second kappa shape index (κ2) is 8.24. The van der Waals surface area contributed by atoms with Crippen molar-refractivity contribution in [1.29, 1.82) is 0 Å². The first-order valence-corrected chi connectivity index (χ1v) is 7.71. The van der Waals surface area contributed by atoms with Crippen molar-refractivity contribution in [1.82, 2.24) is 14.9 Å². The molecule has 2 N–H and O–H groups in total. The van der Waals surface area contributed by atoms with Crippen molar-refractivity contribution < 1.29 is 9.90 Å². The molecule has 1 aromatic heterocycles. The molecular formula is C17H22N4O2. The monoisotopic (exact) mass is 314 g/mol. The summed E-state index contributed by atoms with van der Waals surface area (Å²) in [6, 6.07) is 9.03. The lowest BCUT2D eigenvalue weighted by atomic mass is 10.2. The molecule has 2 amide bonds. The van der Waals surface area contributed by atoms with Crippen LogP contribution in [0.1, 0.15) is 19.0 Å². The van der Waals surface area contributed by atoms with Crippen LogP contribution in [-0.4, -0.2) is 45.7 Å². The highest BCUT2D eigenvalue weighted by Gasteiger charge is 2.12. The highest BCUT2D eigenvalue weighted by atomic mass is 16.3. The lowest BCUT2D eigenvalue weighted by molar-refractivity contribution is 0.188. The average Bonchev–Trinajstić information content (AvgIpc) is 2.55. The number of aliphatic hydroxyl groups excluding tert-OH is 1. The number of hydrogen-bond acceptors (Lipinski definition) is 4. The second-order valence-electron chi connectivity index (χ2n) is 5.24. The first-order chi connectivity index (χ1) is 11.1. The highest BCUT2D eigenvalue weighted by molar-refractivity contribution is 5.89. The maximum atomic E-state index is 12.2. The van der Waals surface area contributed by atoms with Crippen LogP contribution in [0.25, 0.3) is 11.4 Å². The highest BCUT2D eigenvalue weighted by Crippen LogP contribution is 2.18. The number of nitrogens with zero attached hydrogens (tertiary/aromatic N) is 3. The summed E-state index contributed by atoms with van der Waals surface area (Å²) >= 11 is 0. The van der Waals surface area contributed by atoms with E-state index in [1.165, 1.54) is 0 Å². The number of carbonyl (C=O) groups is 1. The van der Waals surface area contributed by atoms with Gasteiger partial charge in [0.05, 0.1) is 6.61 Å². The number of hydrogen-bond donors (Lipinski definition) is 2. The van der Waals surface area contributed by atoms with Crippen LogP contribution in [0.15, 0.2) is 36.5 Å². The Morgan fingerprint density at radius 1 is 1.22 bits per heavy atom. The molecule has 0 spiro atoms. The van der Waals surface area contributed by atoms with Crippen LogP contribution < -0.4 is 5.32 Å². The van der Waals surface area contributed by atoms with Gasteiger partial charge in [0.2, 0.25) is 0 Å². The molecule has 6 nitrogen and oxygen atoms in total. The van der Waals surface area contributed by atoms with E-state index in [9.17, 15) is 4.79 Å². The number of nitrogens with one attached hydrogen (secondary N) is 1. The summed E-state index contributed by atoms with van der Waals surface area (Å²) in [5.41, 5.74) is 2.50. The van der Waals surface area contributed by atoms with Crippen molar-refractivity contribution in [2.45, 2.75) is 20.3 Å². The lowest BCUT2D eigenvalue weighted by Gasteiger charge is -2.21. The number of aromatic nitrogens is 2. The number of urea groups is 1. The Bertz CT molecular complexity index is 637. The molecule has 0 aliphatic carbocycles. The molecule has 0 saturated carbocycles. The zero-order valence-corrected chi connectivity index (χ0v) is 13.5. The molecule has 0 fully saturated rings. The van der Waals surface area contributed by atoms with Gasteiger partial charge in [-0.05, 0) is 43.7 Å². The molecule has 0 bridgehead atoms. The molecule has 1 aromatic carbocycles. The smallest absolute Gasteiger partial charge is 0.321 e. The molecule has 122 valence electrons. The maximum absolute atomic E-state index is 12.2. The van der Waals surface area contributed by atoms with Gasteiger partial charge >= 0.3 is 6.03 Å². The number of aliphatic hydroxyl groups is 1. The summed E-state index contributed by atoms with van der Waals surface area (Å²) in [5.74, 6) is 0.663. The second-order valence-corrected chi connectivity index (χ2v) is 5.24. The molecule has 2 aromatic rings. The molecule has 1 heterocycles. The fraction of sp³-hybridized carbons (Fsp3) is 0.353. The van der Waals surface area contributed by atoms with Gasteiger partial charge in [-0.2, -0.15) is 0 Å². The van der Waals surface area contributed by atoms with Gasteiger partial charge in [-0.25, -0.2) is 14.8 Å². The summed E-state index contributed by atoms with van der Waals surface area (Å²) in [6.07, 6.45) is 2.57. The van der Waals surface area contributed by atoms with E-state index < -0.39 is 0 Å². The molecule has 0 saturated heterocycles. The Morgan fingerprint density at radius 2 is 1.96 bits per heavy atom. The molecule has 0 radical (unpaired) electrons. The van der Waals surface area contributed by atoms with Crippen molar-refractivity contribution >= 4 is 11.7 Å². The maximum Gasteiger partial charge on any atom is 0.321 e. The van der Waals surface area contributed by atoms with Crippen molar-refractivity contribution in [3.63, 3.8) is 0 Å². The number of rotatable bonds is 6. The summed E-state index contributed by atoms with van der Waals surface area (Å²) in [5, 5.41) is 11.9. The first kappa shape index (κ1) is 16.9.